The van der Waals surface area contributed by atoms with Crippen LogP contribution in [0.1, 0.15) is 143 Å². The summed E-state index contributed by atoms with van der Waals surface area (Å²) >= 11 is 0. The summed E-state index contributed by atoms with van der Waals surface area (Å²) in [7, 11) is 0. The summed E-state index contributed by atoms with van der Waals surface area (Å²) in [4.78, 5) is 23.6. The molecular weight excluding hydrogens is 550 g/mol. The molecule has 1 aromatic rings. The van der Waals surface area contributed by atoms with Crippen LogP contribution >= 0.6 is 0 Å². The van der Waals surface area contributed by atoms with Gasteiger partial charge >= 0.3 is 0 Å². The number of ether oxygens (including phenoxy) is 4. The Morgan fingerprint density at radius 1 is 0.721 bits per heavy atom. The van der Waals surface area contributed by atoms with Crippen molar-refractivity contribution in [3.63, 3.8) is 0 Å². The number of nitrogens with one attached hydrogen (secondary N) is 1. The highest BCUT2D eigenvalue weighted by molar-refractivity contribution is 5.88. The van der Waals surface area contributed by atoms with Crippen LogP contribution in [-0.2, 0) is 35.1 Å². The maximum Gasteiger partial charge on any atom is 0.246 e. The molecule has 1 rings (SSSR count). The Kier molecular flexibility index (Phi) is 19.9. The lowest BCUT2D eigenvalue weighted by Crippen LogP contribution is -2.40. The van der Waals surface area contributed by atoms with E-state index in [1.165, 1.54) is 0 Å². The number of Topliss-reactive ketones (excluding diaryl/α,β-unsaturated/α-hetero) is 1. The minimum Gasteiger partial charge on any atom is -0.422 e. The standard InChI is InChI=1S/C16H31NO4.C15H28N2O3.2CH4/c1-11(12(2)21-16(6,7)8)13(18)9-17-14(19)10-20-15(3,4)5;1-10(11(2)20-15(6,7)8)13-17-16-12(19-13)9-18-14(3,4)5;;/h11-12H,9-10H2,1-8H3,(H,17,19);10-11H,9H2,1-8H3;2*1H4/t11-,12?;10-,11?;;/m00../s1. The lowest BCUT2D eigenvalue weighted by Gasteiger charge is -2.28. The Bertz CT molecular complexity index is 919. The maximum absolute atomic E-state index is 12.0. The van der Waals surface area contributed by atoms with Crippen LogP contribution in [0.15, 0.2) is 4.42 Å². The third kappa shape index (κ3) is 23.2. The van der Waals surface area contributed by atoms with Crippen molar-refractivity contribution in [3.05, 3.63) is 11.8 Å². The summed E-state index contributed by atoms with van der Waals surface area (Å²) in [5.41, 5.74) is -1.07. The monoisotopic (exact) mass is 617 g/mol. The number of hydrogen-bond acceptors (Lipinski definition) is 9. The molecule has 0 aliphatic heterocycles. The molecular formula is C33H67N3O7. The summed E-state index contributed by atoms with van der Waals surface area (Å²) in [6.07, 6.45) is -0.188. The van der Waals surface area contributed by atoms with E-state index in [4.69, 9.17) is 23.4 Å². The van der Waals surface area contributed by atoms with E-state index in [0.717, 1.165) is 0 Å². The normalized spacial score (nSPS) is 15.1. The SMILES string of the molecule is C.C.CC(OC(C)(C)C)[C@H](C)C(=O)CNC(=O)COC(C)(C)C.CC(OC(C)(C)C)[C@H](C)c1nnc(COC(C)(C)C)o1. The average Bonchev–Trinajstić information content (AvgIpc) is 3.25. The van der Waals surface area contributed by atoms with E-state index in [1.807, 2.05) is 111 Å². The second-order valence-corrected chi connectivity index (χ2v) is 14.5. The molecule has 0 fully saturated rings. The molecule has 2 unspecified atom stereocenters. The second kappa shape index (κ2) is 18.8. The van der Waals surface area contributed by atoms with Crippen LogP contribution < -0.4 is 5.32 Å². The predicted molar refractivity (Wildman–Crippen MR) is 174 cm³/mol. The first-order valence-corrected chi connectivity index (χ1v) is 14.5. The van der Waals surface area contributed by atoms with Gasteiger partial charge in [-0.2, -0.15) is 0 Å². The van der Waals surface area contributed by atoms with Gasteiger partial charge in [-0.25, -0.2) is 0 Å². The van der Waals surface area contributed by atoms with Gasteiger partial charge in [-0.3, -0.25) is 9.59 Å². The minimum atomic E-state index is -0.371. The van der Waals surface area contributed by atoms with Crippen molar-refractivity contribution in [1.82, 2.24) is 15.5 Å². The number of carbonyl (C=O) groups is 2. The van der Waals surface area contributed by atoms with Crippen LogP contribution in [0.3, 0.4) is 0 Å². The molecule has 10 nitrogen and oxygen atoms in total. The van der Waals surface area contributed by atoms with E-state index in [9.17, 15) is 9.59 Å². The highest BCUT2D eigenvalue weighted by atomic mass is 16.5. The van der Waals surface area contributed by atoms with Crippen molar-refractivity contribution in [2.75, 3.05) is 13.2 Å². The molecule has 1 aromatic heterocycles. The van der Waals surface area contributed by atoms with Gasteiger partial charge in [0.25, 0.3) is 0 Å². The summed E-state index contributed by atoms with van der Waals surface area (Å²) in [6, 6.07) is 0. The maximum atomic E-state index is 12.0. The topological polar surface area (TPSA) is 122 Å². The lowest BCUT2D eigenvalue weighted by molar-refractivity contribution is -0.136. The second-order valence-electron chi connectivity index (χ2n) is 14.5. The molecule has 0 radical (unpaired) electrons. The van der Waals surface area contributed by atoms with Gasteiger partial charge in [0, 0.05) is 5.92 Å². The number of nitrogens with zero attached hydrogens (tertiary/aromatic N) is 2. The highest BCUT2D eigenvalue weighted by Crippen LogP contribution is 2.24. The Hall–Kier alpha value is -1.88. The largest absolute Gasteiger partial charge is 0.422 e. The van der Waals surface area contributed by atoms with Crippen LogP contribution in [-0.4, -0.2) is 69.7 Å². The summed E-state index contributed by atoms with van der Waals surface area (Å²) in [5, 5.41) is 10.7. The number of rotatable bonds is 12. The number of hydrogen-bond donors (Lipinski definition) is 1. The van der Waals surface area contributed by atoms with Crippen molar-refractivity contribution < 1.29 is 33.0 Å². The average molecular weight is 618 g/mol. The smallest absolute Gasteiger partial charge is 0.246 e. The Balaban J connectivity index is -0.000000711. The van der Waals surface area contributed by atoms with E-state index < -0.39 is 0 Å². The van der Waals surface area contributed by atoms with E-state index in [0.29, 0.717) is 18.4 Å². The third-order valence-corrected chi connectivity index (χ3v) is 5.59. The molecule has 10 heteroatoms. The Morgan fingerprint density at radius 3 is 1.63 bits per heavy atom. The van der Waals surface area contributed by atoms with Crippen LogP contribution in [0.25, 0.3) is 0 Å². The zero-order valence-corrected chi connectivity index (χ0v) is 28.7. The van der Waals surface area contributed by atoms with Crippen LogP contribution in [0.2, 0.25) is 0 Å². The lowest BCUT2D eigenvalue weighted by atomic mass is 9.99. The van der Waals surface area contributed by atoms with Crippen LogP contribution in [0.4, 0.5) is 0 Å². The Morgan fingerprint density at radius 2 is 1.19 bits per heavy atom. The third-order valence-electron chi connectivity index (χ3n) is 5.59. The fraction of sp³-hybridized carbons (Fsp3) is 0.879. The van der Waals surface area contributed by atoms with Gasteiger partial charge in [0.05, 0.1) is 47.1 Å². The molecule has 43 heavy (non-hydrogen) atoms. The van der Waals surface area contributed by atoms with Crippen molar-refractivity contribution in [1.29, 1.82) is 0 Å². The van der Waals surface area contributed by atoms with Gasteiger partial charge in [-0.1, -0.05) is 28.7 Å². The van der Waals surface area contributed by atoms with E-state index >= 15 is 0 Å². The molecule has 0 aromatic carbocycles. The molecule has 0 saturated carbocycles. The van der Waals surface area contributed by atoms with Gasteiger partial charge in [-0.15, -0.1) is 10.2 Å². The molecule has 4 atom stereocenters. The minimum absolute atomic E-state index is 0. The van der Waals surface area contributed by atoms with E-state index in [-0.39, 0.29) is 86.1 Å². The molecule has 0 spiro atoms. The van der Waals surface area contributed by atoms with Crippen molar-refractivity contribution in [3.8, 4) is 0 Å². The van der Waals surface area contributed by atoms with Crippen LogP contribution in [0, 0.1) is 5.92 Å². The number of aromatic nitrogens is 2. The van der Waals surface area contributed by atoms with Gasteiger partial charge in [0.2, 0.25) is 17.7 Å². The van der Waals surface area contributed by atoms with Crippen LogP contribution in [0.5, 0.6) is 0 Å². The quantitative estimate of drug-likeness (QED) is 0.258. The first-order chi connectivity index (χ1) is 18.3. The first-order valence-electron chi connectivity index (χ1n) is 14.5. The zero-order chi connectivity index (χ0) is 32.4. The first kappa shape index (κ1) is 45.5. The molecule has 1 amide bonds. The van der Waals surface area contributed by atoms with Gasteiger partial charge < -0.3 is 28.7 Å². The molecule has 256 valence electrons. The summed E-state index contributed by atoms with van der Waals surface area (Å²) < 4.78 is 28.3. The number of carbonyl (C=O) groups excluding carboxylic acids is 2. The fourth-order valence-electron chi connectivity index (χ4n) is 3.25. The number of amides is 1. The van der Waals surface area contributed by atoms with Gasteiger partial charge in [0.1, 0.15) is 13.2 Å². The predicted octanol–water partition coefficient (Wildman–Crippen LogP) is 7.29. The van der Waals surface area contributed by atoms with Crippen molar-refractivity contribution >= 4 is 11.7 Å². The van der Waals surface area contributed by atoms with Crippen molar-refractivity contribution in [2.24, 2.45) is 5.92 Å². The van der Waals surface area contributed by atoms with E-state index in [2.05, 4.69) is 15.5 Å². The fourth-order valence-corrected chi connectivity index (χ4v) is 3.25. The Labute approximate surface area is 263 Å². The summed E-state index contributed by atoms with van der Waals surface area (Å²) in [6.45, 7) is 31.6. The zero-order valence-electron chi connectivity index (χ0n) is 28.7. The van der Waals surface area contributed by atoms with Crippen molar-refractivity contribution in [2.45, 2.75) is 173 Å². The van der Waals surface area contributed by atoms with E-state index in [1.54, 1.807) is 0 Å². The molecule has 1 N–H and O–H groups in total. The molecule has 0 aliphatic rings. The number of ketones is 1. The molecule has 0 aliphatic carbocycles. The molecule has 1 heterocycles. The molecule has 0 bridgehead atoms. The molecule has 0 saturated heterocycles. The van der Waals surface area contributed by atoms with Gasteiger partial charge in [0.15, 0.2) is 5.78 Å². The highest BCUT2D eigenvalue weighted by Gasteiger charge is 2.27. The summed E-state index contributed by atoms with van der Waals surface area (Å²) in [5.74, 6) is 0.544. The van der Waals surface area contributed by atoms with Gasteiger partial charge in [-0.05, 0) is 96.9 Å².